The van der Waals surface area contributed by atoms with E-state index < -0.39 is 0 Å². The highest BCUT2D eigenvalue weighted by atomic mass is 16.5. The van der Waals surface area contributed by atoms with Crippen LogP contribution in [0, 0.1) is 0 Å². The number of benzene rings is 1. The molecule has 0 aliphatic rings. The minimum Gasteiger partial charge on any atom is -0.491 e. The maximum absolute atomic E-state index is 8.91. The van der Waals surface area contributed by atoms with Gasteiger partial charge in [-0.05, 0) is 24.3 Å². The van der Waals surface area contributed by atoms with Gasteiger partial charge in [-0.3, -0.25) is 10.1 Å². The van der Waals surface area contributed by atoms with Crippen molar-refractivity contribution in [1.29, 1.82) is 0 Å². The van der Waals surface area contributed by atoms with E-state index in [1.807, 2.05) is 36.4 Å². The van der Waals surface area contributed by atoms with Crippen LogP contribution in [0.3, 0.4) is 0 Å². The summed E-state index contributed by atoms with van der Waals surface area (Å²) in [6.07, 6.45) is 5.34. The first kappa shape index (κ1) is 16.4. The lowest BCUT2D eigenvalue weighted by molar-refractivity contribution is 0.201. The number of pyridine rings is 2. The third-order valence-corrected chi connectivity index (χ3v) is 4.45. The number of aromatic amines is 2. The number of hydrogen-bond acceptors (Lipinski definition) is 6. The molecule has 8 heteroatoms. The summed E-state index contributed by atoms with van der Waals surface area (Å²) in [7, 11) is 0. The van der Waals surface area contributed by atoms with Crippen molar-refractivity contribution < 1.29 is 9.84 Å². The van der Waals surface area contributed by atoms with Crippen molar-refractivity contribution in [1.82, 2.24) is 30.1 Å². The number of ether oxygens (including phenoxy) is 1. The van der Waals surface area contributed by atoms with Crippen LogP contribution in [0.2, 0.25) is 0 Å². The zero-order valence-electron chi connectivity index (χ0n) is 14.8. The van der Waals surface area contributed by atoms with Gasteiger partial charge in [0.15, 0.2) is 11.5 Å². The highest BCUT2D eigenvalue weighted by Crippen LogP contribution is 2.29. The highest BCUT2D eigenvalue weighted by Gasteiger charge is 2.15. The van der Waals surface area contributed by atoms with Crippen molar-refractivity contribution in [3.63, 3.8) is 0 Å². The molecule has 0 saturated carbocycles. The van der Waals surface area contributed by atoms with Crippen LogP contribution in [0.15, 0.2) is 55.0 Å². The summed E-state index contributed by atoms with van der Waals surface area (Å²) in [6, 6.07) is 11.5. The fourth-order valence-electron chi connectivity index (χ4n) is 3.13. The lowest BCUT2D eigenvalue weighted by Gasteiger charge is -2.02. The van der Waals surface area contributed by atoms with Gasteiger partial charge in [0.2, 0.25) is 0 Å². The van der Waals surface area contributed by atoms with Gasteiger partial charge in [0.1, 0.15) is 18.1 Å². The molecule has 0 fully saturated rings. The van der Waals surface area contributed by atoms with Gasteiger partial charge in [-0.15, -0.1) is 0 Å². The van der Waals surface area contributed by atoms with E-state index in [1.54, 1.807) is 18.6 Å². The molecule has 0 amide bonds. The minimum absolute atomic E-state index is 0.0324. The topological polar surface area (TPSA) is 113 Å². The first-order valence-corrected chi connectivity index (χ1v) is 8.80. The van der Waals surface area contributed by atoms with E-state index in [2.05, 4.69) is 30.1 Å². The van der Waals surface area contributed by atoms with Crippen LogP contribution in [-0.2, 0) is 0 Å². The van der Waals surface area contributed by atoms with E-state index in [1.165, 1.54) is 0 Å². The maximum atomic E-state index is 8.91. The van der Waals surface area contributed by atoms with Crippen molar-refractivity contribution in [3.8, 4) is 28.4 Å². The van der Waals surface area contributed by atoms with Gasteiger partial charge < -0.3 is 14.8 Å². The van der Waals surface area contributed by atoms with Crippen LogP contribution in [0.5, 0.6) is 5.75 Å². The Morgan fingerprint density at radius 1 is 1.07 bits per heavy atom. The van der Waals surface area contributed by atoms with Crippen LogP contribution >= 0.6 is 0 Å². The maximum Gasteiger partial charge on any atom is 0.159 e. The van der Waals surface area contributed by atoms with Gasteiger partial charge in [-0.25, -0.2) is 9.97 Å². The monoisotopic (exact) mass is 372 g/mol. The van der Waals surface area contributed by atoms with Crippen molar-refractivity contribution >= 4 is 22.1 Å². The largest absolute Gasteiger partial charge is 0.491 e. The van der Waals surface area contributed by atoms with Crippen molar-refractivity contribution in [3.05, 3.63) is 55.0 Å². The first-order valence-electron chi connectivity index (χ1n) is 8.80. The Morgan fingerprint density at radius 3 is 2.89 bits per heavy atom. The van der Waals surface area contributed by atoms with E-state index in [0.29, 0.717) is 22.9 Å². The fourth-order valence-corrected chi connectivity index (χ4v) is 3.13. The molecule has 0 bridgehead atoms. The second kappa shape index (κ2) is 6.75. The van der Waals surface area contributed by atoms with Gasteiger partial charge in [-0.1, -0.05) is 6.07 Å². The van der Waals surface area contributed by atoms with E-state index in [-0.39, 0.29) is 13.2 Å². The van der Waals surface area contributed by atoms with E-state index in [0.717, 1.165) is 27.5 Å². The molecule has 0 atom stereocenters. The molecule has 0 unspecified atom stereocenters. The molecule has 0 spiro atoms. The summed E-state index contributed by atoms with van der Waals surface area (Å²) < 4.78 is 5.46. The predicted molar refractivity (Wildman–Crippen MR) is 105 cm³/mol. The molecule has 138 valence electrons. The predicted octanol–water partition coefficient (Wildman–Crippen LogP) is 2.93. The molecule has 8 nitrogen and oxygen atoms in total. The zero-order chi connectivity index (χ0) is 18.9. The number of imidazole rings is 1. The molecule has 0 radical (unpaired) electrons. The molecule has 0 aliphatic heterocycles. The molecule has 0 aliphatic carbocycles. The van der Waals surface area contributed by atoms with Gasteiger partial charge in [0.25, 0.3) is 0 Å². The molecule has 1 aromatic carbocycles. The van der Waals surface area contributed by atoms with Crippen molar-refractivity contribution in [2.45, 2.75) is 0 Å². The molecule has 5 rings (SSSR count). The molecule has 5 aromatic rings. The van der Waals surface area contributed by atoms with Crippen molar-refractivity contribution in [2.75, 3.05) is 13.2 Å². The van der Waals surface area contributed by atoms with Crippen LogP contribution < -0.4 is 4.74 Å². The smallest absolute Gasteiger partial charge is 0.159 e. The number of fused-ring (bicyclic) bond motifs is 2. The van der Waals surface area contributed by atoms with E-state index in [4.69, 9.17) is 9.84 Å². The number of nitrogens with zero attached hydrogens (tertiary/aromatic N) is 4. The SMILES string of the molecule is OCCOc1ccc2[nH]c(-c3n[nH]c4ncc(-c5cccnc5)cc34)nc2c1. The summed E-state index contributed by atoms with van der Waals surface area (Å²) in [6.45, 7) is 0.213. The lowest BCUT2D eigenvalue weighted by atomic mass is 10.1. The molecular formula is C20H16N6O2. The number of aromatic nitrogens is 6. The Labute approximate surface area is 159 Å². The molecule has 0 saturated heterocycles. The van der Waals surface area contributed by atoms with Gasteiger partial charge >= 0.3 is 0 Å². The second-order valence-electron chi connectivity index (χ2n) is 6.27. The quantitative estimate of drug-likeness (QED) is 0.437. The van der Waals surface area contributed by atoms with Crippen molar-refractivity contribution in [2.24, 2.45) is 0 Å². The number of aliphatic hydroxyl groups is 1. The Kier molecular flexibility index (Phi) is 3.95. The van der Waals surface area contributed by atoms with Gasteiger partial charge in [0, 0.05) is 35.8 Å². The van der Waals surface area contributed by atoms with Gasteiger partial charge in [0.05, 0.1) is 23.0 Å². The average Bonchev–Trinajstić information content (AvgIpc) is 3.35. The number of H-pyrrole nitrogens is 2. The van der Waals surface area contributed by atoms with Gasteiger partial charge in [-0.2, -0.15) is 5.10 Å². The third-order valence-electron chi connectivity index (χ3n) is 4.45. The third kappa shape index (κ3) is 2.85. The second-order valence-corrected chi connectivity index (χ2v) is 6.27. The Bertz CT molecular complexity index is 1260. The van der Waals surface area contributed by atoms with Crippen LogP contribution in [0.4, 0.5) is 0 Å². The summed E-state index contributed by atoms with van der Waals surface area (Å²) in [5.74, 6) is 1.30. The summed E-state index contributed by atoms with van der Waals surface area (Å²) in [4.78, 5) is 16.6. The van der Waals surface area contributed by atoms with E-state index >= 15 is 0 Å². The molecule has 4 aromatic heterocycles. The first-order chi connectivity index (χ1) is 13.8. The standard InChI is InChI=1S/C20H16N6O2/c27-6-7-28-14-3-4-16-17(9-14)24-20(23-16)18-15-8-13(11-22-19(15)26-25-18)12-2-1-5-21-10-12/h1-5,8-11,27H,6-7H2,(H,23,24)(H,22,25,26). The minimum atomic E-state index is -0.0324. The lowest BCUT2D eigenvalue weighted by Crippen LogP contribution is -2.01. The number of hydrogen-bond donors (Lipinski definition) is 3. The fraction of sp³-hybridized carbons (Fsp3) is 0.100. The molecule has 3 N–H and O–H groups in total. The molecule has 28 heavy (non-hydrogen) atoms. The normalized spacial score (nSPS) is 11.3. The average molecular weight is 372 g/mol. The zero-order valence-corrected chi connectivity index (χ0v) is 14.8. The van der Waals surface area contributed by atoms with E-state index in [9.17, 15) is 0 Å². The molecule has 4 heterocycles. The number of rotatable bonds is 5. The summed E-state index contributed by atoms with van der Waals surface area (Å²) in [5, 5.41) is 17.1. The highest BCUT2D eigenvalue weighted by molar-refractivity contribution is 5.93. The Hall–Kier alpha value is -3.78. The summed E-state index contributed by atoms with van der Waals surface area (Å²) in [5.41, 5.74) is 4.97. The summed E-state index contributed by atoms with van der Waals surface area (Å²) >= 11 is 0. The van der Waals surface area contributed by atoms with Crippen LogP contribution in [0.25, 0.3) is 44.7 Å². The molecular weight excluding hydrogens is 356 g/mol. The number of aliphatic hydroxyl groups excluding tert-OH is 1. The number of nitrogens with one attached hydrogen (secondary N) is 2. The van der Waals surface area contributed by atoms with Crippen LogP contribution in [-0.4, -0.2) is 48.5 Å². The Balaban J connectivity index is 1.58. The Morgan fingerprint density at radius 2 is 2.04 bits per heavy atom. The van der Waals surface area contributed by atoms with Crippen LogP contribution in [0.1, 0.15) is 0 Å².